The summed E-state index contributed by atoms with van der Waals surface area (Å²) in [5.41, 5.74) is 0.342. The molecule has 206 valence electrons. The van der Waals surface area contributed by atoms with Gasteiger partial charge in [0.2, 0.25) is 0 Å². The van der Waals surface area contributed by atoms with E-state index in [-0.39, 0.29) is 17.7 Å². The van der Waals surface area contributed by atoms with Crippen LogP contribution in [-0.4, -0.2) is 38.2 Å². The molecule has 0 saturated heterocycles. The molecule has 0 heterocycles. The normalized spacial score (nSPS) is 14.3. The maximum atomic E-state index is 15.5. The van der Waals surface area contributed by atoms with E-state index in [9.17, 15) is 4.79 Å². The smallest absolute Gasteiger partial charge is 0.339 e. The Balaban J connectivity index is 1.87. The van der Waals surface area contributed by atoms with Crippen LogP contribution in [0.2, 0.25) is 5.04 Å². The highest BCUT2D eigenvalue weighted by atomic mass is 28.4. The van der Waals surface area contributed by atoms with E-state index >= 15 is 4.39 Å². The molecule has 3 aromatic carbocycles. The van der Waals surface area contributed by atoms with Crippen LogP contribution in [0, 0.1) is 0 Å². The zero-order valence-corrected chi connectivity index (χ0v) is 24.2. The molecule has 0 fully saturated rings. The van der Waals surface area contributed by atoms with E-state index in [1.54, 1.807) is 36.4 Å². The van der Waals surface area contributed by atoms with Crippen LogP contribution in [0.3, 0.4) is 0 Å². The minimum atomic E-state index is -2.79. The van der Waals surface area contributed by atoms with Crippen molar-refractivity contribution in [2.45, 2.75) is 57.8 Å². The number of carbonyl (C=O) groups excluding carboxylic acids is 1. The summed E-state index contributed by atoms with van der Waals surface area (Å²) in [4.78, 5) is 12.6. The van der Waals surface area contributed by atoms with Crippen LogP contribution in [0.5, 0.6) is 0 Å². The van der Waals surface area contributed by atoms with Crippen LogP contribution in [-0.2, 0) is 9.16 Å². The van der Waals surface area contributed by atoms with Crippen LogP contribution in [0.25, 0.3) is 0 Å². The summed E-state index contributed by atoms with van der Waals surface area (Å²) in [7, 11) is -2.79. The summed E-state index contributed by atoms with van der Waals surface area (Å²) in [5.74, 6) is -1.19. The highest BCUT2D eigenvalue weighted by molar-refractivity contribution is 6.99. The van der Waals surface area contributed by atoms with Crippen molar-refractivity contribution in [3.63, 3.8) is 0 Å². The van der Waals surface area contributed by atoms with Crippen LogP contribution < -0.4 is 10.4 Å². The highest BCUT2D eigenvalue weighted by Gasteiger charge is 2.50. The number of esters is 1. The Morgan fingerprint density at radius 1 is 0.923 bits per heavy atom. The minimum Gasteiger partial charge on any atom is -0.447 e. The molecule has 0 saturated carbocycles. The molecule has 39 heavy (non-hydrogen) atoms. The Bertz CT molecular complexity index is 1180. The van der Waals surface area contributed by atoms with Crippen molar-refractivity contribution in [1.29, 1.82) is 0 Å². The summed E-state index contributed by atoms with van der Waals surface area (Å²) >= 11 is 0. The molecular weight excluding hydrogens is 507 g/mol. The van der Waals surface area contributed by atoms with Crippen LogP contribution >= 0.6 is 0 Å². The molecule has 6 heteroatoms. The number of aliphatic hydroxyl groups is 1. The molecule has 0 bridgehead atoms. The Hall–Kier alpha value is -3.32. The molecule has 2 atom stereocenters. The molecule has 0 aromatic heterocycles. The Labute approximate surface area is 232 Å². The fourth-order valence-corrected chi connectivity index (χ4v) is 9.39. The van der Waals surface area contributed by atoms with Crippen molar-refractivity contribution in [3.8, 4) is 0 Å². The zero-order chi connectivity index (χ0) is 28.3. The first-order valence-corrected chi connectivity index (χ1v) is 15.3. The summed E-state index contributed by atoms with van der Waals surface area (Å²) < 4.78 is 28.0. The van der Waals surface area contributed by atoms with Gasteiger partial charge in [0.15, 0.2) is 6.10 Å². The summed E-state index contributed by atoms with van der Waals surface area (Å²) in [6, 6.07) is 29.1. The van der Waals surface area contributed by atoms with Gasteiger partial charge < -0.3 is 14.3 Å². The predicted molar refractivity (Wildman–Crippen MR) is 158 cm³/mol. The van der Waals surface area contributed by atoms with Gasteiger partial charge in [-0.05, 0) is 59.5 Å². The molecule has 0 radical (unpaired) electrons. The number of hydrogen-bond acceptors (Lipinski definition) is 4. The number of aliphatic hydroxyl groups excluding tert-OH is 1. The third kappa shape index (κ3) is 7.85. The van der Waals surface area contributed by atoms with Gasteiger partial charge in [-0.2, -0.15) is 0 Å². The lowest BCUT2D eigenvalue weighted by atomic mass is 10.2. The SMILES string of the molecule is C[C@H](C/C=C(/F)C(/C=C\CCO)OC(=O)c1ccccc1)O[Si](c1ccccc1)(c1ccccc1)C(C)(C)C. The number of benzene rings is 3. The lowest BCUT2D eigenvalue weighted by molar-refractivity contribution is 0.0415. The maximum absolute atomic E-state index is 15.5. The van der Waals surface area contributed by atoms with Crippen LogP contribution in [0.15, 0.2) is 115 Å². The van der Waals surface area contributed by atoms with Gasteiger partial charge in [-0.3, -0.25) is 0 Å². The lowest BCUT2D eigenvalue weighted by Gasteiger charge is -2.44. The number of rotatable bonds is 12. The Kier molecular flexibility index (Phi) is 11.0. The van der Waals surface area contributed by atoms with Gasteiger partial charge in [0.25, 0.3) is 8.32 Å². The fraction of sp³-hybridized carbons (Fsp3) is 0.303. The summed E-state index contributed by atoms with van der Waals surface area (Å²) in [5, 5.41) is 11.2. The molecule has 1 N–H and O–H groups in total. The third-order valence-corrected chi connectivity index (χ3v) is 11.7. The molecule has 0 amide bonds. The topological polar surface area (TPSA) is 55.8 Å². The third-order valence-electron chi connectivity index (χ3n) is 6.56. The number of halogens is 1. The quantitative estimate of drug-likeness (QED) is 0.163. The van der Waals surface area contributed by atoms with Crippen molar-refractivity contribution >= 4 is 24.7 Å². The first kappa shape index (κ1) is 30.2. The second kappa shape index (κ2) is 14.2. The van der Waals surface area contributed by atoms with Gasteiger partial charge in [-0.1, -0.05) is 106 Å². The molecule has 3 aromatic rings. The number of ether oxygens (including phenoxy) is 1. The summed E-state index contributed by atoms with van der Waals surface area (Å²) in [6.45, 7) is 8.48. The summed E-state index contributed by atoms with van der Waals surface area (Å²) in [6.07, 6.45) is 3.64. The monoisotopic (exact) mass is 546 g/mol. The molecule has 0 spiro atoms. The Morgan fingerprint density at radius 2 is 1.44 bits per heavy atom. The highest BCUT2D eigenvalue weighted by Crippen LogP contribution is 2.38. The van der Waals surface area contributed by atoms with E-state index in [0.717, 1.165) is 10.4 Å². The van der Waals surface area contributed by atoms with E-state index in [0.29, 0.717) is 18.4 Å². The zero-order valence-electron chi connectivity index (χ0n) is 23.2. The number of carbonyl (C=O) groups is 1. The van der Waals surface area contributed by atoms with E-state index in [2.05, 4.69) is 45.0 Å². The maximum Gasteiger partial charge on any atom is 0.339 e. The van der Waals surface area contributed by atoms with E-state index in [4.69, 9.17) is 14.3 Å². The van der Waals surface area contributed by atoms with E-state index < -0.39 is 26.2 Å². The van der Waals surface area contributed by atoms with E-state index in [1.165, 1.54) is 12.2 Å². The molecule has 0 aliphatic carbocycles. The van der Waals surface area contributed by atoms with Gasteiger partial charge in [-0.15, -0.1) is 0 Å². The van der Waals surface area contributed by atoms with Crippen molar-refractivity contribution in [2.75, 3.05) is 6.61 Å². The molecular formula is C33H39FO4Si. The second-order valence-corrected chi connectivity index (χ2v) is 14.8. The van der Waals surface area contributed by atoms with Gasteiger partial charge in [-0.25, -0.2) is 9.18 Å². The second-order valence-electron chi connectivity index (χ2n) is 10.5. The largest absolute Gasteiger partial charge is 0.447 e. The molecule has 0 aliphatic rings. The van der Waals surface area contributed by atoms with Gasteiger partial charge in [0.1, 0.15) is 5.83 Å². The average Bonchev–Trinajstić information content (AvgIpc) is 2.95. The van der Waals surface area contributed by atoms with Crippen molar-refractivity contribution < 1.29 is 23.5 Å². The van der Waals surface area contributed by atoms with Gasteiger partial charge >= 0.3 is 5.97 Å². The minimum absolute atomic E-state index is 0.0788. The molecule has 3 rings (SSSR count). The fourth-order valence-electron chi connectivity index (χ4n) is 4.68. The molecule has 4 nitrogen and oxygen atoms in total. The molecule has 1 unspecified atom stereocenters. The first-order valence-electron chi connectivity index (χ1n) is 13.4. The van der Waals surface area contributed by atoms with Crippen LogP contribution in [0.4, 0.5) is 4.39 Å². The van der Waals surface area contributed by atoms with E-state index in [1.807, 2.05) is 43.3 Å². The lowest BCUT2D eigenvalue weighted by Crippen LogP contribution is -2.67. The number of hydrogen-bond donors (Lipinski definition) is 1. The predicted octanol–water partition coefficient (Wildman–Crippen LogP) is 6.36. The standard InChI is InChI=1S/C33H39FO4Si/c1-26(23-24-30(34)31(22-14-15-25-35)37-32(36)27-16-8-5-9-17-27)38-39(33(2,3)4,28-18-10-6-11-19-28)29-20-12-7-13-21-29/h5-14,16-22,24,26,31,35H,15,23,25H2,1-4H3/b22-14-,30-24+/t26-,31?/m1/s1. The van der Waals surface area contributed by atoms with Crippen molar-refractivity contribution in [2.24, 2.45) is 0 Å². The first-order chi connectivity index (χ1) is 18.7. The van der Waals surface area contributed by atoms with Gasteiger partial charge in [0, 0.05) is 12.7 Å². The molecule has 0 aliphatic heterocycles. The Morgan fingerprint density at radius 3 is 1.92 bits per heavy atom. The average molecular weight is 547 g/mol. The van der Waals surface area contributed by atoms with Crippen LogP contribution in [0.1, 0.15) is 50.9 Å². The van der Waals surface area contributed by atoms with Crippen molar-refractivity contribution in [1.82, 2.24) is 0 Å². The van der Waals surface area contributed by atoms with Crippen molar-refractivity contribution in [3.05, 3.63) is 121 Å². The van der Waals surface area contributed by atoms with Gasteiger partial charge in [0.05, 0.1) is 5.56 Å².